The number of aromatic nitrogens is 2. The summed E-state index contributed by atoms with van der Waals surface area (Å²) in [5, 5.41) is 0. The Kier molecular flexibility index (Phi) is 1.99. The summed E-state index contributed by atoms with van der Waals surface area (Å²) in [5.74, 6) is 0. The highest BCUT2D eigenvalue weighted by Crippen LogP contribution is 2.14. The van der Waals surface area contributed by atoms with Crippen LogP contribution in [0.1, 0.15) is 0 Å². The van der Waals surface area contributed by atoms with Gasteiger partial charge in [-0.3, -0.25) is 0 Å². The van der Waals surface area contributed by atoms with Gasteiger partial charge >= 0.3 is 0 Å². The lowest BCUT2D eigenvalue weighted by Gasteiger charge is -1.70. The second kappa shape index (κ2) is 2.36. The molecule has 38 valence electrons. The second-order valence-corrected chi connectivity index (χ2v) is 3.15. The topological polar surface area (TPSA) is 25.8 Å². The van der Waals surface area contributed by atoms with Crippen molar-refractivity contribution in [1.29, 1.82) is 0 Å². The van der Waals surface area contributed by atoms with Crippen molar-refractivity contribution < 1.29 is 0 Å². The summed E-state index contributed by atoms with van der Waals surface area (Å²) in [5.41, 5.74) is 0. The van der Waals surface area contributed by atoms with Gasteiger partial charge in [0.2, 0.25) is 0 Å². The first-order valence-electron chi connectivity index (χ1n) is 1.44. The van der Waals surface area contributed by atoms with Gasteiger partial charge in [-0.05, 0) is 38.5 Å². The molecule has 0 amide bonds. The van der Waals surface area contributed by atoms with Gasteiger partial charge in [0.05, 0.1) is 11.7 Å². The molecule has 0 aromatic carbocycles. The predicted molar refractivity (Wildman–Crippen MR) is 40.3 cm³/mol. The highest BCUT2D eigenvalue weighted by atomic mass is 127. The summed E-state index contributed by atoms with van der Waals surface area (Å²) in [6.45, 7) is 0. The average molecular weight is 291 g/mol. The molecule has 0 N–H and O–H groups in total. The SMILES string of the molecule is Brc1nsnc1I. The lowest BCUT2D eigenvalue weighted by Crippen LogP contribution is -1.63. The Bertz CT molecular complexity index is 148. The van der Waals surface area contributed by atoms with Gasteiger partial charge in [0.1, 0.15) is 3.70 Å². The molecule has 2 nitrogen and oxygen atoms in total. The number of hydrogen-bond acceptors (Lipinski definition) is 3. The second-order valence-electron chi connectivity index (χ2n) is 0.846. The molecule has 1 aromatic rings. The van der Waals surface area contributed by atoms with Gasteiger partial charge in [0.15, 0.2) is 4.60 Å². The van der Waals surface area contributed by atoms with E-state index >= 15 is 0 Å². The Balaban J connectivity index is 3.12. The zero-order valence-corrected chi connectivity index (χ0v) is 7.62. The standard InChI is InChI=1S/C2BrIN2S/c3-1-2(4)6-7-5-1. The van der Waals surface area contributed by atoms with Crippen LogP contribution in [0.2, 0.25) is 0 Å². The molecule has 7 heavy (non-hydrogen) atoms. The highest BCUT2D eigenvalue weighted by molar-refractivity contribution is 14.1. The summed E-state index contributed by atoms with van der Waals surface area (Å²) in [6, 6.07) is 0. The van der Waals surface area contributed by atoms with E-state index in [1.165, 1.54) is 11.7 Å². The predicted octanol–water partition coefficient (Wildman–Crippen LogP) is 1.91. The molecule has 0 fully saturated rings. The molecular weight excluding hydrogens is 291 g/mol. The number of nitrogens with zero attached hydrogens (tertiary/aromatic N) is 2. The molecule has 1 heterocycles. The maximum atomic E-state index is 3.89. The molecule has 0 bridgehead atoms. The van der Waals surface area contributed by atoms with E-state index in [2.05, 4.69) is 47.3 Å². The Morgan fingerprint density at radius 3 is 2.43 bits per heavy atom. The van der Waals surface area contributed by atoms with E-state index in [1.807, 2.05) is 0 Å². The zero-order chi connectivity index (χ0) is 5.28. The van der Waals surface area contributed by atoms with Gasteiger partial charge in [0.25, 0.3) is 0 Å². The minimum atomic E-state index is 0.845. The summed E-state index contributed by atoms with van der Waals surface area (Å²) in [4.78, 5) is 0. The van der Waals surface area contributed by atoms with E-state index < -0.39 is 0 Å². The fraction of sp³-hybridized carbons (Fsp3) is 0. The van der Waals surface area contributed by atoms with E-state index in [4.69, 9.17) is 0 Å². The van der Waals surface area contributed by atoms with Crippen LogP contribution in [0.15, 0.2) is 4.60 Å². The third kappa shape index (κ3) is 1.33. The molecule has 5 heteroatoms. The summed E-state index contributed by atoms with van der Waals surface area (Å²) < 4.78 is 9.52. The summed E-state index contributed by atoms with van der Waals surface area (Å²) in [6.07, 6.45) is 0. The summed E-state index contributed by atoms with van der Waals surface area (Å²) in [7, 11) is 0. The van der Waals surface area contributed by atoms with Crippen LogP contribution in [-0.2, 0) is 0 Å². The Labute approximate surface area is 66.9 Å². The largest absolute Gasteiger partial charge is 0.166 e. The minimum Gasteiger partial charge on any atom is -0.166 e. The van der Waals surface area contributed by atoms with Crippen LogP contribution in [0.3, 0.4) is 0 Å². The molecule has 1 rings (SSSR count). The smallest absolute Gasteiger partial charge is 0.153 e. The quantitative estimate of drug-likeness (QED) is 0.682. The van der Waals surface area contributed by atoms with E-state index in [0.29, 0.717) is 0 Å². The Hall–Kier alpha value is 0.770. The molecule has 0 atom stereocenters. The minimum absolute atomic E-state index is 0.845. The molecule has 0 aliphatic heterocycles. The van der Waals surface area contributed by atoms with E-state index in [0.717, 1.165) is 8.30 Å². The first-order valence-corrected chi connectivity index (χ1v) is 4.04. The van der Waals surface area contributed by atoms with Crippen LogP contribution < -0.4 is 0 Å². The maximum Gasteiger partial charge on any atom is 0.153 e. The lowest BCUT2D eigenvalue weighted by atomic mass is 11.0. The van der Waals surface area contributed by atoms with Crippen molar-refractivity contribution in [3.05, 3.63) is 8.30 Å². The van der Waals surface area contributed by atoms with Gasteiger partial charge < -0.3 is 0 Å². The van der Waals surface area contributed by atoms with Crippen LogP contribution in [0.4, 0.5) is 0 Å². The monoisotopic (exact) mass is 290 g/mol. The molecule has 0 radical (unpaired) electrons. The van der Waals surface area contributed by atoms with Crippen LogP contribution >= 0.6 is 50.2 Å². The Morgan fingerprint density at radius 1 is 1.57 bits per heavy atom. The number of rotatable bonds is 0. The summed E-state index contributed by atoms with van der Waals surface area (Å²) >= 11 is 6.52. The first-order chi connectivity index (χ1) is 3.30. The van der Waals surface area contributed by atoms with Crippen molar-refractivity contribution in [3.63, 3.8) is 0 Å². The molecule has 1 aromatic heterocycles. The van der Waals surface area contributed by atoms with Gasteiger partial charge in [-0.25, -0.2) is 0 Å². The molecule has 0 aliphatic rings. The van der Waals surface area contributed by atoms with Crippen LogP contribution in [0.5, 0.6) is 0 Å². The molecular formula is C2BrIN2S. The third-order valence-electron chi connectivity index (χ3n) is 0.412. The van der Waals surface area contributed by atoms with Crippen molar-refractivity contribution >= 4 is 50.2 Å². The maximum absolute atomic E-state index is 3.89. The average Bonchev–Trinajstić information content (AvgIpc) is 1.91. The van der Waals surface area contributed by atoms with E-state index in [-0.39, 0.29) is 0 Å². The van der Waals surface area contributed by atoms with E-state index in [9.17, 15) is 0 Å². The van der Waals surface area contributed by atoms with Crippen LogP contribution in [0, 0.1) is 3.70 Å². The van der Waals surface area contributed by atoms with Crippen LogP contribution in [-0.4, -0.2) is 8.75 Å². The van der Waals surface area contributed by atoms with Gasteiger partial charge in [0, 0.05) is 0 Å². The van der Waals surface area contributed by atoms with Gasteiger partial charge in [-0.1, -0.05) is 0 Å². The van der Waals surface area contributed by atoms with Crippen molar-refractivity contribution in [2.24, 2.45) is 0 Å². The number of halogens is 2. The molecule has 0 saturated carbocycles. The van der Waals surface area contributed by atoms with Gasteiger partial charge in [-0.2, -0.15) is 8.75 Å². The van der Waals surface area contributed by atoms with Gasteiger partial charge in [-0.15, -0.1) is 0 Å². The molecule has 0 aliphatic carbocycles. The normalized spacial score (nSPS) is 9.43. The fourth-order valence-corrected chi connectivity index (χ4v) is 1.47. The third-order valence-corrected chi connectivity index (χ3v) is 3.55. The molecule has 0 unspecified atom stereocenters. The molecule has 0 spiro atoms. The lowest BCUT2D eigenvalue weighted by molar-refractivity contribution is 1.39. The Morgan fingerprint density at radius 2 is 2.29 bits per heavy atom. The van der Waals surface area contributed by atoms with E-state index in [1.54, 1.807) is 0 Å². The fourth-order valence-electron chi connectivity index (χ4n) is 0.167. The van der Waals surface area contributed by atoms with Crippen molar-refractivity contribution in [2.75, 3.05) is 0 Å². The highest BCUT2D eigenvalue weighted by Gasteiger charge is 1.95. The van der Waals surface area contributed by atoms with Crippen molar-refractivity contribution in [2.45, 2.75) is 0 Å². The number of hydrogen-bond donors (Lipinski definition) is 0. The van der Waals surface area contributed by atoms with Crippen molar-refractivity contribution in [3.8, 4) is 0 Å². The van der Waals surface area contributed by atoms with Crippen LogP contribution in [0.25, 0.3) is 0 Å². The molecule has 0 saturated heterocycles. The zero-order valence-electron chi connectivity index (χ0n) is 3.06. The van der Waals surface area contributed by atoms with Crippen molar-refractivity contribution in [1.82, 2.24) is 8.75 Å². The first kappa shape index (κ1) is 5.90.